The first-order valence-corrected chi connectivity index (χ1v) is 11.4. The van der Waals surface area contributed by atoms with Crippen LogP contribution in [-0.2, 0) is 4.79 Å². The molecule has 0 radical (unpaired) electrons. The lowest BCUT2D eigenvalue weighted by molar-refractivity contribution is -0.119. The van der Waals surface area contributed by atoms with Crippen molar-refractivity contribution < 1.29 is 9.59 Å². The molecule has 0 spiro atoms. The van der Waals surface area contributed by atoms with E-state index in [0.717, 1.165) is 27.8 Å². The minimum atomic E-state index is -0.699. The number of fused-ring (bicyclic) bond motifs is 1. The monoisotopic (exact) mass is 444 g/mol. The Morgan fingerprint density at radius 2 is 1.66 bits per heavy atom. The predicted molar refractivity (Wildman–Crippen MR) is 129 cm³/mol. The van der Waals surface area contributed by atoms with Gasteiger partial charge in [0.25, 0.3) is 5.91 Å². The summed E-state index contributed by atoms with van der Waals surface area (Å²) in [6.45, 7) is 3.94. The van der Waals surface area contributed by atoms with E-state index in [0.29, 0.717) is 10.7 Å². The lowest BCUT2D eigenvalue weighted by Gasteiger charge is -2.23. The maximum Gasteiger partial charge on any atom is 0.252 e. The fraction of sp³-hybridized carbons (Fsp3) is 0.200. The van der Waals surface area contributed by atoms with Gasteiger partial charge in [-0.3, -0.25) is 14.9 Å². The van der Waals surface area contributed by atoms with Crippen molar-refractivity contribution in [2.75, 3.05) is 5.32 Å². The maximum absolute atomic E-state index is 13.1. The number of benzene rings is 3. The fourth-order valence-electron chi connectivity index (χ4n) is 3.50. The van der Waals surface area contributed by atoms with Crippen LogP contribution in [0.4, 0.5) is 5.13 Å². The maximum atomic E-state index is 13.1. The van der Waals surface area contributed by atoms with Gasteiger partial charge in [0.15, 0.2) is 0 Å². The van der Waals surface area contributed by atoms with Crippen LogP contribution in [0.1, 0.15) is 30.6 Å². The molecule has 2 atom stereocenters. The molecule has 7 heteroatoms. The molecule has 0 aliphatic rings. The largest absolute Gasteiger partial charge is 0.340 e. The molecule has 0 aliphatic heterocycles. The second-order valence-electron chi connectivity index (χ2n) is 7.63. The van der Waals surface area contributed by atoms with E-state index in [2.05, 4.69) is 20.8 Å². The Morgan fingerprint density at radius 3 is 2.44 bits per heavy atom. The van der Waals surface area contributed by atoms with Crippen molar-refractivity contribution in [1.29, 1.82) is 0 Å². The average molecular weight is 445 g/mol. The van der Waals surface area contributed by atoms with Gasteiger partial charge in [0.05, 0.1) is 0 Å². The molecule has 1 heterocycles. The van der Waals surface area contributed by atoms with E-state index in [4.69, 9.17) is 0 Å². The molecule has 0 bridgehead atoms. The molecular weight excluding hydrogens is 420 g/mol. The zero-order valence-electron chi connectivity index (χ0n) is 17.9. The third-order valence-electron chi connectivity index (χ3n) is 5.49. The molecule has 32 heavy (non-hydrogen) atoms. The molecule has 162 valence electrons. The second kappa shape index (κ2) is 9.70. The number of hydrogen-bond acceptors (Lipinski definition) is 5. The summed E-state index contributed by atoms with van der Waals surface area (Å²) in [7, 11) is 0. The van der Waals surface area contributed by atoms with Crippen LogP contribution < -0.4 is 10.6 Å². The molecule has 0 aliphatic carbocycles. The number of carbonyl (C=O) groups is 2. The molecule has 3 aromatic carbocycles. The molecule has 0 saturated heterocycles. The van der Waals surface area contributed by atoms with E-state index in [1.165, 1.54) is 11.3 Å². The van der Waals surface area contributed by atoms with Gasteiger partial charge in [-0.25, -0.2) is 0 Å². The van der Waals surface area contributed by atoms with E-state index in [-0.39, 0.29) is 17.7 Å². The van der Waals surface area contributed by atoms with Crippen molar-refractivity contribution in [3.05, 3.63) is 78.4 Å². The van der Waals surface area contributed by atoms with E-state index in [9.17, 15) is 9.59 Å². The number of nitrogens with one attached hydrogen (secondary N) is 2. The number of rotatable bonds is 7. The van der Waals surface area contributed by atoms with Gasteiger partial charge in [-0.15, -0.1) is 10.2 Å². The number of nitrogens with zero attached hydrogens (tertiary/aromatic N) is 2. The molecule has 0 saturated carbocycles. The predicted octanol–water partition coefficient (Wildman–Crippen LogP) is 5.14. The highest BCUT2D eigenvalue weighted by atomic mass is 32.1. The molecule has 2 N–H and O–H groups in total. The van der Waals surface area contributed by atoms with Crippen LogP contribution in [0.5, 0.6) is 0 Å². The first-order chi connectivity index (χ1) is 15.6. The first-order valence-electron chi connectivity index (χ1n) is 10.5. The zero-order chi connectivity index (χ0) is 22.5. The molecule has 0 fully saturated rings. The van der Waals surface area contributed by atoms with Crippen LogP contribution in [0.15, 0.2) is 72.8 Å². The first kappa shape index (κ1) is 21.6. The third-order valence-corrected chi connectivity index (χ3v) is 6.38. The molecule has 2 amide bonds. The van der Waals surface area contributed by atoms with Crippen LogP contribution in [0.3, 0.4) is 0 Å². The highest BCUT2D eigenvalue weighted by Crippen LogP contribution is 2.26. The average Bonchev–Trinajstić information content (AvgIpc) is 3.30. The minimum Gasteiger partial charge on any atom is -0.340 e. The Labute approximate surface area is 190 Å². The zero-order valence-corrected chi connectivity index (χ0v) is 18.7. The van der Waals surface area contributed by atoms with Gasteiger partial charge in [0, 0.05) is 11.1 Å². The van der Waals surface area contributed by atoms with Crippen molar-refractivity contribution in [2.24, 2.45) is 5.92 Å². The molecule has 6 nitrogen and oxygen atoms in total. The van der Waals surface area contributed by atoms with Gasteiger partial charge < -0.3 is 5.32 Å². The molecule has 4 aromatic rings. The van der Waals surface area contributed by atoms with E-state index in [1.54, 1.807) is 6.07 Å². The summed E-state index contributed by atoms with van der Waals surface area (Å²) in [4.78, 5) is 26.2. The van der Waals surface area contributed by atoms with Crippen molar-refractivity contribution in [3.8, 4) is 10.6 Å². The Kier molecular flexibility index (Phi) is 6.56. The summed E-state index contributed by atoms with van der Waals surface area (Å²) in [6, 6.07) is 22.3. The topological polar surface area (TPSA) is 84.0 Å². The number of aromatic nitrogens is 2. The Balaban J connectivity index is 1.53. The van der Waals surface area contributed by atoms with Gasteiger partial charge in [-0.05, 0) is 22.8 Å². The smallest absolute Gasteiger partial charge is 0.252 e. The lowest BCUT2D eigenvalue weighted by Crippen LogP contribution is -2.47. The van der Waals surface area contributed by atoms with Crippen LogP contribution in [0, 0.1) is 5.92 Å². The van der Waals surface area contributed by atoms with Gasteiger partial charge in [-0.1, -0.05) is 98.3 Å². The SMILES string of the molecule is CCC(C)C(NC(=O)c1cccc2ccccc12)C(=O)Nc1nnc(-c2ccccc2)s1. The number of hydrogen-bond donors (Lipinski definition) is 2. The molecule has 1 aromatic heterocycles. The lowest BCUT2D eigenvalue weighted by atomic mass is 9.97. The minimum absolute atomic E-state index is 0.0598. The Bertz CT molecular complexity index is 1230. The summed E-state index contributed by atoms with van der Waals surface area (Å²) in [5.41, 5.74) is 1.49. The van der Waals surface area contributed by atoms with Crippen LogP contribution in [0.2, 0.25) is 0 Å². The molecular formula is C25H24N4O2S. The highest BCUT2D eigenvalue weighted by molar-refractivity contribution is 7.18. The third kappa shape index (κ3) is 4.68. The van der Waals surface area contributed by atoms with Crippen molar-refractivity contribution in [3.63, 3.8) is 0 Å². The van der Waals surface area contributed by atoms with Gasteiger partial charge >= 0.3 is 0 Å². The molecule has 2 unspecified atom stereocenters. The summed E-state index contributed by atoms with van der Waals surface area (Å²) >= 11 is 1.30. The Hall–Kier alpha value is -3.58. The summed E-state index contributed by atoms with van der Waals surface area (Å²) in [5, 5.41) is 17.0. The summed E-state index contributed by atoms with van der Waals surface area (Å²) in [5.74, 6) is -0.636. The summed E-state index contributed by atoms with van der Waals surface area (Å²) in [6.07, 6.45) is 0.735. The second-order valence-corrected chi connectivity index (χ2v) is 8.61. The standard InChI is InChI=1S/C25H24N4O2S/c1-3-16(2)21(26-22(30)20-15-9-13-17-10-7-8-14-19(17)20)23(31)27-25-29-28-24(32-25)18-11-5-4-6-12-18/h4-16,21H,3H2,1-2H3,(H,26,30)(H,27,29,31). The van der Waals surface area contributed by atoms with Crippen LogP contribution in [-0.4, -0.2) is 28.1 Å². The van der Waals surface area contributed by atoms with E-state index < -0.39 is 6.04 Å². The van der Waals surface area contributed by atoms with E-state index in [1.807, 2.05) is 80.6 Å². The highest BCUT2D eigenvalue weighted by Gasteiger charge is 2.27. The molecule has 4 rings (SSSR count). The number of anilines is 1. The van der Waals surface area contributed by atoms with Gasteiger partial charge in [0.1, 0.15) is 11.0 Å². The van der Waals surface area contributed by atoms with Crippen LogP contribution >= 0.6 is 11.3 Å². The van der Waals surface area contributed by atoms with Crippen LogP contribution in [0.25, 0.3) is 21.3 Å². The number of carbonyl (C=O) groups excluding carboxylic acids is 2. The quantitative estimate of drug-likeness (QED) is 0.413. The van der Waals surface area contributed by atoms with Gasteiger partial charge in [-0.2, -0.15) is 0 Å². The summed E-state index contributed by atoms with van der Waals surface area (Å²) < 4.78 is 0. The van der Waals surface area contributed by atoms with Crippen molar-refractivity contribution in [1.82, 2.24) is 15.5 Å². The van der Waals surface area contributed by atoms with Gasteiger partial charge in [0.2, 0.25) is 11.0 Å². The van der Waals surface area contributed by atoms with Crippen molar-refractivity contribution in [2.45, 2.75) is 26.3 Å². The normalized spacial score (nSPS) is 12.8. The number of amides is 2. The fourth-order valence-corrected chi connectivity index (χ4v) is 4.25. The van der Waals surface area contributed by atoms with Crippen molar-refractivity contribution >= 4 is 39.1 Å². The van der Waals surface area contributed by atoms with E-state index >= 15 is 0 Å². The Morgan fingerprint density at radius 1 is 0.938 bits per heavy atom.